The third-order valence-electron chi connectivity index (χ3n) is 4.19. The minimum Gasteiger partial charge on any atom is -0.374 e. The van der Waals surface area contributed by atoms with Crippen molar-refractivity contribution < 1.29 is 44.3 Å². The molecule has 150 valence electrons. The van der Waals surface area contributed by atoms with Gasteiger partial charge in [-0.3, -0.25) is 0 Å². The van der Waals surface area contributed by atoms with Crippen molar-refractivity contribution >= 4 is 0 Å². The predicted octanol–water partition coefficient (Wildman–Crippen LogP) is 5.97. The summed E-state index contributed by atoms with van der Waals surface area (Å²) in [5, 5.41) is 0. The average Bonchev–Trinajstić information content (AvgIpc) is 2.52. The van der Waals surface area contributed by atoms with Crippen LogP contribution in [0.3, 0.4) is 0 Å². The van der Waals surface area contributed by atoms with Gasteiger partial charge in [-0.1, -0.05) is 31.2 Å². The van der Waals surface area contributed by atoms with Gasteiger partial charge in [-0.05, 0) is 24.5 Å². The molecule has 1 atom stereocenters. The summed E-state index contributed by atoms with van der Waals surface area (Å²) in [6, 6.07) is 5.65. The molecule has 0 heterocycles. The molecule has 0 aliphatic heterocycles. The molecule has 0 aliphatic rings. The second kappa shape index (κ2) is 6.94. The fraction of sp³-hybridized carbons (Fsp3) is 0.625. The number of rotatable bonds is 7. The zero-order valence-electron chi connectivity index (χ0n) is 14.0. The topological polar surface area (TPSA) is 9.23 Å². The van der Waals surface area contributed by atoms with E-state index < -0.39 is 36.0 Å². The fourth-order valence-corrected chi connectivity index (χ4v) is 2.56. The molecule has 0 N–H and O–H groups in total. The lowest BCUT2D eigenvalue weighted by molar-refractivity contribution is -0.400. The highest BCUT2D eigenvalue weighted by Crippen LogP contribution is 2.56. The minimum absolute atomic E-state index is 0.00389. The Morgan fingerprint density at radius 2 is 1.35 bits per heavy atom. The van der Waals surface area contributed by atoms with Gasteiger partial charge in [-0.2, -0.15) is 39.5 Å². The molecule has 1 unspecified atom stereocenters. The first-order valence-corrected chi connectivity index (χ1v) is 7.41. The molecule has 1 nitrogen and oxygen atoms in total. The molecular formula is C16H17F9O. The van der Waals surface area contributed by atoms with Gasteiger partial charge in [-0.25, -0.2) is 0 Å². The summed E-state index contributed by atoms with van der Waals surface area (Å²) in [5.74, 6) is -19.3. The molecule has 0 saturated carbocycles. The van der Waals surface area contributed by atoms with Crippen LogP contribution in [0.2, 0.25) is 0 Å². The van der Waals surface area contributed by atoms with E-state index in [4.69, 9.17) is 4.74 Å². The van der Waals surface area contributed by atoms with Gasteiger partial charge in [0.15, 0.2) is 0 Å². The van der Waals surface area contributed by atoms with E-state index >= 15 is 0 Å². The van der Waals surface area contributed by atoms with Crippen LogP contribution < -0.4 is 0 Å². The van der Waals surface area contributed by atoms with Gasteiger partial charge < -0.3 is 4.74 Å². The Balaban J connectivity index is 3.40. The molecule has 10 heteroatoms. The number of aryl methyl sites for hydroxylation is 1. The molecule has 0 spiro atoms. The number of ether oxygens (including phenoxy) is 1. The molecular weight excluding hydrogens is 379 g/mol. The zero-order chi connectivity index (χ0) is 20.6. The first-order valence-electron chi connectivity index (χ1n) is 7.41. The van der Waals surface area contributed by atoms with Crippen molar-refractivity contribution in [1.29, 1.82) is 0 Å². The largest absolute Gasteiger partial charge is 0.460 e. The maximum atomic E-state index is 14.0. The van der Waals surface area contributed by atoms with Crippen LogP contribution in [0.5, 0.6) is 0 Å². The van der Waals surface area contributed by atoms with Crippen LogP contribution in [-0.2, 0) is 16.8 Å². The third-order valence-corrected chi connectivity index (χ3v) is 4.19. The molecule has 0 saturated heterocycles. The molecule has 1 aromatic carbocycles. The number of halogens is 9. The number of hydrogen-bond acceptors (Lipinski definition) is 1. The number of alkyl halides is 9. The SMILES string of the molecule is CCc1ccccc1C(C)(CC(F)(F)C(F)(F)C(F)(F)C(F)(F)F)OC. The van der Waals surface area contributed by atoms with Crippen LogP contribution in [0.1, 0.15) is 31.4 Å². The molecule has 0 aliphatic carbocycles. The van der Waals surface area contributed by atoms with Gasteiger partial charge in [0.1, 0.15) is 0 Å². The lowest BCUT2D eigenvalue weighted by Gasteiger charge is -2.39. The molecule has 0 radical (unpaired) electrons. The first kappa shape index (κ1) is 22.6. The summed E-state index contributed by atoms with van der Waals surface area (Å²) in [6.07, 6.45) is -8.65. The molecule has 0 aromatic heterocycles. The Morgan fingerprint density at radius 1 is 0.846 bits per heavy atom. The van der Waals surface area contributed by atoms with Gasteiger partial charge in [0.05, 0.1) is 12.0 Å². The second-order valence-electron chi connectivity index (χ2n) is 5.97. The molecule has 1 aromatic rings. The standard InChI is InChI=1S/C16H17F9O/c1-4-10-7-5-6-8-11(10)12(2,26-3)9-13(17,18)14(19,20)15(21,22)16(23,24)25/h5-8H,4,9H2,1-3H3. The van der Waals surface area contributed by atoms with Gasteiger partial charge in [0.25, 0.3) is 0 Å². The predicted molar refractivity (Wildman–Crippen MR) is 75.7 cm³/mol. The van der Waals surface area contributed by atoms with Gasteiger partial charge >= 0.3 is 23.9 Å². The van der Waals surface area contributed by atoms with Crippen molar-refractivity contribution in [3.8, 4) is 0 Å². The Morgan fingerprint density at radius 3 is 1.77 bits per heavy atom. The van der Waals surface area contributed by atoms with E-state index in [1.807, 2.05) is 0 Å². The van der Waals surface area contributed by atoms with Crippen LogP contribution >= 0.6 is 0 Å². The summed E-state index contributed by atoms with van der Waals surface area (Å²) < 4.78 is 123. The van der Waals surface area contributed by atoms with Gasteiger partial charge in [0.2, 0.25) is 0 Å². The monoisotopic (exact) mass is 396 g/mol. The lowest BCUT2D eigenvalue weighted by Crippen LogP contribution is -2.62. The van der Waals surface area contributed by atoms with Gasteiger partial charge in [0, 0.05) is 7.11 Å². The van der Waals surface area contributed by atoms with Crippen LogP contribution in [0.4, 0.5) is 39.5 Å². The number of hydrogen-bond donors (Lipinski definition) is 0. The molecule has 26 heavy (non-hydrogen) atoms. The Kier molecular flexibility index (Phi) is 6.03. The van der Waals surface area contributed by atoms with E-state index in [0.717, 1.165) is 14.0 Å². The highest BCUT2D eigenvalue weighted by atomic mass is 19.4. The summed E-state index contributed by atoms with van der Waals surface area (Å²) in [7, 11) is 0.878. The lowest BCUT2D eigenvalue weighted by atomic mass is 9.83. The third kappa shape index (κ3) is 3.65. The summed E-state index contributed by atoms with van der Waals surface area (Å²) in [6.45, 7) is 2.55. The van der Waals surface area contributed by atoms with Crippen molar-refractivity contribution in [2.24, 2.45) is 0 Å². The van der Waals surface area contributed by atoms with Crippen molar-refractivity contribution in [2.75, 3.05) is 7.11 Å². The Hall–Kier alpha value is -1.45. The molecule has 0 bridgehead atoms. The summed E-state index contributed by atoms with van der Waals surface area (Å²) in [4.78, 5) is 0. The highest BCUT2D eigenvalue weighted by Gasteiger charge is 2.82. The second-order valence-corrected chi connectivity index (χ2v) is 5.97. The van der Waals surface area contributed by atoms with Crippen LogP contribution in [0.25, 0.3) is 0 Å². The Labute approximate surface area is 144 Å². The van der Waals surface area contributed by atoms with E-state index in [1.165, 1.54) is 24.3 Å². The van der Waals surface area contributed by atoms with Crippen molar-refractivity contribution in [2.45, 2.75) is 56.2 Å². The molecule has 0 fully saturated rings. The first-order chi connectivity index (χ1) is 11.6. The van der Waals surface area contributed by atoms with Crippen molar-refractivity contribution in [3.05, 3.63) is 35.4 Å². The fourth-order valence-electron chi connectivity index (χ4n) is 2.56. The summed E-state index contributed by atoms with van der Waals surface area (Å²) >= 11 is 0. The minimum atomic E-state index is -6.91. The van der Waals surface area contributed by atoms with E-state index in [2.05, 4.69) is 0 Å². The quantitative estimate of drug-likeness (QED) is 0.516. The van der Waals surface area contributed by atoms with Crippen molar-refractivity contribution in [1.82, 2.24) is 0 Å². The zero-order valence-corrected chi connectivity index (χ0v) is 14.0. The molecule has 1 rings (SSSR count). The summed E-state index contributed by atoms with van der Waals surface area (Å²) in [5.41, 5.74) is -1.82. The highest BCUT2D eigenvalue weighted by molar-refractivity contribution is 5.33. The van der Waals surface area contributed by atoms with Gasteiger partial charge in [-0.15, -0.1) is 0 Å². The van der Waals surface area contributed by atoms with E-state index in [0.29, 0.717) is 5.56 Å². The smallest absolute Gasteiger partial charge is 0.374 e. The normalized spacial score (nSPS) is 16.5. The maximum Gasteiger partial charge on any atom is 0.460 e. The number of benzene rings is 1. The van der Waals surface area contributed by atoms with E-state index in [-0.39, 0.29) is 12.0 Å². The van der Waals surface area contributed by atoms with E-state index in [9.17, 15) is 39.5 Å². The van der Waals surface area contributed by atoms with Crippen LogP contribution in [0.15, 0.2) is 24.3 Å². The van der Waals surface area contributed by atoms with E-state index in [1.54, 1.807) is 6.92 Å². The maximum absolute atomic E-state index is 14.0. The average molecular weight is 396 g/mol. The van der Waals surface area contributed by atoms with Crippen LogP contribution in [-0.4, -0.2) is 31.1 Å². The van der Waals surface area contributed by atoms with Crippen molar-refractivity contribution in [3.63, 3.8) is 0 Å². The Bertz CT molecular complexity index is 624. The van der Waals surface area contributed by atoms with Crippen LogP contribution in [0, 0.1) is 0 Å². The number of methoxy groups -OCH3 is 1. The molecule has 0 amide bonds.